The third-order valence-corrected chi connectivity index (χ3v) is 4.17. The number of nitrogens with zero attached hydrogens (tertiary/aromatic N) is 1. The van der Waals surface area contributed by atoms with Crippen molar-refractivity contribution in [3.8, 4) is 0 Å². The van der Waals surface area contributed by atoms with E-state index in [2.05, 4.69) is 40.9 Å². The quantitative estimate of drug-likeness (QED) is 0.304. The molecule has 1 unspecified atom stereocenters. The first-order chi connectivity index (χ1) is 11.7. The first kappa shape index (κ1) is 25.0. The van der Waals surface area contributed by atoms with Crippen LogP contribution in [0.2, 0.25) is 0 Å². The number of alkyl carbamates (subject to hydrolysis) is 1. The van der Waals surface area contributed by atoms with E-state index in [1.807, 2.05) is 39.1 Å². The number of halogens is 1. The van der Waals surface area contributed by atoms with Crippen molar-refractivity contribution in [3.63, 3.8) is 0 Å². The average molecular weight is 496 g/mol. The van der Waals surface area contributed by atoms with Gasteiger partial charge in [0.2, 0.25) is 0 Å². The number of thiophene rings is 1. The van der Waals surface area contributed by atoms with Gasteiger partial charge >= 0.3 is 6.09 Å². The Morgan fingerprint density at radius 1 is 1.31 bits per heavy atom. The van der Waals surface area contributed by atoms with E-state index in [0.717, 1.165) is 12.5 Å². The molecule has 0 radical (unpaired) electrons. The lowest BCUT2D eigenvalue weighted by Crippen LogP contribution is -2.50. The molecule has 26 heavy (non-hydrogen) atoms. The maximum absolute atomic E-state index is 12.0. The number of ether oxygens (including phenoxy) is 1. The molecular weight excluding hydrogens is 463 g/mol. The third kappa shape index (κ3) is 10.8. The topological polar surface area (TPSA) is 74.8 Å². The second-order valence-electron chi connectivity index (χ2n) is 7.15. The molecule has 1 aromatic rings. The number of nitrogens with one attached hydrogen (secondary N) is 3. The van der Waals surface area contributed by atoms with E-state index in [0.29, 0.717) is 13.1 Å². The Balaban J connectivity index is 0.00000625. The molecule has 0 aromatic carbocycles. The van der Waals surface area contributed by atoms with Crippen LogP contribution in [0, 0.1) is 5.92 Å². The fourth-order valence-corrected chi connectivity index (χ4v) is 2.65. The van der Waals surface area contributed by atoms with E-state index >= 15 is 0 Å². The van der Waals surface area contributed by atoms with Crippen molar-refractivity contribution < 1.29 is 9.53 Å². The molecule has 0 bridgehead atoms. The Hall–Kier alpha value is -1.03. The Morgan fingerprint density at radius 2 is 2.00 bits per heavy atom. The summed E-state index contributed by atoms with van der Waals surface area (Å²) >= 11 is 1.69. The van der Waals surface area contributed by atoms with Crippen LogP contribution < -0.4 is 16.0 Å². The van der Waals surface area contributed by atoms with E-state index in [1.54, 1.807) is 11.3 Å². The van der Waals surface area contributed by atoms with Gasteiger partial charge in [-0.1, -0.05) is 19.9 Å². The van der Waals surface area contributed by atoms with Gasteiger partial charge in [0.05, 0.1) is 12.6 Å². The van der Waals surface area contributed by atoms with Gasteiger partial charge in [0.15, 0.2) is 5.96 Å². The fraction of sp³-hybridized carbons (Fsp3) is 0.667. The van der Waals surface area contributed by atoms with E-state index < -0.39 is 11.7 Å². The minimum atomic E-state index is -0.504. The zero-order valence-electron chi connectivity index (χ0n) is 16.6. The summed E-state index contributed by atoms with van der Waals surface area (Å²) in [7, 11) is 0. The summed E-state index contributed by atoms with van der Waals surface area (Å²) in [5, 5.41) is 11.5. The number of carbonyl (C=O) groups is 1. The molecule has 8 heteroatoms. The predicted molar refractivity (Wildman–Crippen MR) is 121 cm³/mol. The summed E-state index contributed by atoms with van der Waals surface area (Å²) in [5.74, 6) is 1.01. The maximum atomic E-state index is 12.0. The molecule has 3 N–H and O–H groups in total. The van der Waals surface area contributed by atoms with Gasteiger partial charge < -0.3 is 20.7 Å². The van der Waals surface area contributed by atoms with E-state index in [-0.39, 0.29) is 35.9 Å². The fourth-order valence-electron chi connectivity index (χ4n) is 2.02. The molecular formula is C18H33IN4O2S. The first-order valence-corrected chi connectivity index (χ1v) is 9.63. The van der Waals surface area contributed by atoms with E-state index in [9.17, 15) is 4.79 Å². The minimum absolute atomic E-state index is 0. The van der Waals surface area contributed by atoms with Crippen LogP contribution in [-0.4, -0.2) is 36.8 Å². The highest BCUT2D eigenvalue weighted by Gasteiger charge is 2.21. The van der Waals surface area contributed by atoms with Gasteiger partial charge in [0.25, 0.3) is 0 Å². The SMILES string of the molecule is CCNC(=NCc1cccs1)NCC(NC(=O)OC(C)(C)C)C(C)C.I. The molecule has 0 fully saturated rings. The molecule has 0 spiro atoms. The van der Waals surface area contributed by atoms with Crippen molar-refractivity contribution in [2.45, 2.75) is 59.7 Å². The molecule has 1 amide bonds. The number of rotatable bonds is 7. The maximum Gasteiger partial charge on any atom is 0.407 e. The smallest absolute Gasteiger partial charge is 0.407 e. The Bertz CT molecular complexity index is 542. The van der Waals surface area contributed by atoms with Crippen LogP contribution in [0.3, 0.4) is 0 Å². The van der Waals surface area contributed by atoms with E-state index in [4.69, 9.17) is 4.74 Å². The molecule has 1 heterocycles. The second kappa shape index (κ2) is 12.4. The molecule has 0 aliphatic heterocycles. The van der Waals surface area contributed by atoms with Crippen LogP contribution in [0.4, 0.5) is 4.79 Å². The number of guanidine groups is 1. The van der Waals surface area contributed by atoms with E-state index in [1.165, 1.54) is 4.88 Å². The van der Waals surface area contributed by atoms with Crippen molar-refractivity contribution in [3.05, 3.63) is 22.4 Å². The summed E-state index contributed by atoms with van der Waals surface area (Å²) in [6.45, 7) is 13.7. The van der Waals surface area contributed by atoms with Crippen molar-refractivity contribution in [2.24, 2.45) is 10.9 Å². The molecule has 0 aliphatic carbocycles. The number of aliphatic imine (C=N–C) groups is 1. The monoisotopic (exact) mass is 496 g/mol. The summed E-state index contributed by atoms with van der Waals surface area (Å²) in [4.78, 5) is 17.8. The minimum Gasteiger partial charge on any atom is -0.444 e. The van der Waals surface area contributed by atoms with Crippen LogP contribution in [0.5, 0.6) is 0 Å². The molecule has 0 saturated heterocycles. The van der Waals surface area contributed by atoms with Gasteiger partial charge in [-0.25, -0.2) is 9.79 Å². The summed E-state index contributed by atoms with van der Waals surface area (Å²) < 4.78 is 5.35. The molecule has 150 valence electrons. The molecule has 1 atom stereocenters. The van der Waals surface area contributed by atoms with Crippen LogP contribution >= 0.6 is 35.3 Å². The summed E-state index contributed by atoms with van der Waals surface area (Å²) in [5.41, 5.74) is -0.504. The van der Waals surface area contributed by atoms with Gasteiger partial charge in [-0.2, -0.15) is 0 Å². The van der Waals surface area contributed by atoms with Crippen LogP contribution in [0.15, 0.2) is 22.5 Å². The molecule has 6 nitrogen and oxygen atoms in total. The molecule has 1 rings (SSSR count). The Morgan fingerprint density at radius 3 is 2.50 bits per heavy atom. The average Bonchev–Trinajstić information content (AvgIpc) is 2.99. The zero-order valence-corrected chi connectivity index (χ0v) is 19.7. The number of hydrogen-bond donors (Lipinski definition) is 3. The molecule has 0 aliphatic rings. The number of amides is 1. The van der Waals surface area contributed by atoms with Crippen LogP contribution in [0.25, 0.3) is 0 Å². The normalized spacial score (nSPS) is 13.0. The summed E-state index contributed by atoms with van der Waals surface area (Å²) in [6.07, 6.45) is -0.395. The Kier molecular flexibility index (Phi) is 11.9. The highest BCUT2D eigenvalue weighted by atomic mass is 127. The molecule has 0 saturated carbocycles. The second-order valence-corrected chi connectivity index (χ2v) is 8.18. The van der Waals surface area contributed by atoms with Crippen molar-refractivity contribution in [1.29, 1.82) is 0 Å². The van der Waals surface area contributed by atoms with Crippen LogP contribution in [-0.2, 0) is 11.3 Å². The standard InChI is InChI=1S/C18H32N4O2S.HI/c1-7-19-16(20-11-14-9-8-10-25-14)21-12-15(13(2)3)22-17(23)24-18(4,5)6;/h8-10,13,15H,7,11-12H2,1-6H3,(H,22,23)(H2,19,20,21);1H. The van der Waals surface area contributed by atoms with Gasteiger partial charge in [0.1, 0.15) is 5.60 Å². The van der Waals surface area contributed by atoms with Crippen molar-refractivity contribution in [2.75, 3.05) is 13.1 Å². The van der Waals surface area contributed by atoms with Crippen molar-refractivity contribution >= 4 is 47.4 Å². The van der Waals surface area contributed by atoms with Gasteiger partial charge in [-0.3, -0.25) is 0 Å². The lowest BCUT2D eigenvalue weighted by molar-refractivity contribution is 0.0491. The molecule has 1 aromatic heterocycles. The highest BCUT2D eigenvalue weighted by Crippen LogP contribution is 2.10. The Labute approximate surface area is 178 Å². The lowest BCUT2D eigenvalue weighted by atomic mass is 10.0. The largest absolute Gasteiger partial charge is 0.444 e. The number of carbonyl (C=O) groups excluding carboxylic acids is 1. The number of hydrogen-bond acceptors (Lipinski definition) is 4. The van der Waals surface area contributed by atoms with Crippen LogP contribution in [0.1, 0.15) is 46.4 Å². The first-order valence-electron chi connectivity index (χ1n) is 8.75. The van der Waals surface area contributed by atoms with Gasteiger partial charge in [0, 0.05) is 18.0 Å². The summed E-state index contributed by atoms with van der Waals surface area (Å²) in [6, 6.07) is 4.04. The lowest BCUT2D eigenvalue weighted by Gasteiger charge is -2.26. The highest BCUT2D eigenvalue weighted by molar-refractivity contribution is 14.0. The van der Waals surface area contributed by atoms with Gasteiger partial charge in [-0.05, 0) is 45.1 Å². The third-order valence-electron chi connectivity index (χ3n) is 3.31. The van der Waals surface area contributed by atoms with Crippen molar-refractivity contribution in [1.82, 2.24) is 16.0 Å². The zero-order chi connectivity index (χ0) is 18.9. The predicted octanol–water partition coefficient (Wildman–Crippen LogP) is 3.97. The van der Waals surface area contributed by atoms with Gasteiger partial charge in [-0.15, -0.1) is 35.3 Å².